The van der Waals surface area contributed by atoms with E-state index in [9.17, 15) is 14.7 Å². The smallest absolute Gasteiger partial charge is 0.309 e. The van der Waals surface area contributed by atoms with Crippen LogP contribution in [0.5, 0.6) is 0 Å². The van der Waals surface area contributed by atoms with Crippen LogP contribution in [0.25, 0.3) is 0 Å². The molecule has 1 spiro atoms. The highest BCUT2D eigenvalue weighted by Crippen LogP contribution is 2.72. The van der Waals surface area contributed by atoms with Crippen LogP contribution in [0.2, 0.25) is 0 Å². The molecule has 0 aromatic carbocycles. The van der Waals surface area contributed by atoms with Gasteiger partial charge in [-0.3, -0.25) is 9.59 Å². The number of rotatable bonds is 0. The molecule has 110 valence electrons. The Hall–Kier alpha value is -0.940. The lowest BCUT2D eigenvalue weighted by Crippen LogP contribution is -2.64. The van der Waals surface area contributed by atoms with Crippen molar-refractivity contribution < 1.29 is 24.2 Å². The summed E-state index contributed by atoms with van der Waals surface area (Å²) in [6.07, 6.45) is 0.332. The predicted octanol–water partition coefficient (Wildman–Crippen LogP) is 0.826. The summed E-state index contributed by atoms with van der Waals surface area (Å²) in [7, 11) is 0. The minimum atomic E-state index is -0.745. The largest absolute Gasteiger partial charge is 0.458 e. The van der Waals surface area contributed by atoms with Gasteiger partial charge in [0.1, 0.15) is 23.1 Å². The number of aliphatic hydroxyl groups is 1. The van der Waals surface area contributed by atoms with Crippen LogP contribution < -0.4 is 0 Å². The van der Waals surface area contributed by atoms with E-state index in [4.69, 9.17) is 9.47 Å². The Morgan fingerprint density at radius 2 is 2.00 bits per heavy atom. The topological polar surface area (TPSA) is 76.1 Å². The number of esters is 1. The lowest BCUT2D eigenvalue weighted by molar-refractivity contribution is -0.165. The minimum absolute atomic E-state index is 0.126. The molecule has 4 aliphatic rings. The molecule has 2 heterocycles. The lowest BCUT2D eigenvalue weighted by Gasteiger charge is -2.49. The van der Waals surface area contributed by atoms with Crippen molar-refractivity contribution in [2.75, 3.05) is 0 Å². The first-order valence-corrected chi connectivity index (χ1v) is 7.39. The summed E-state index contributed by atoms with van der Waals surface area (Å²) >= 11 is 0. The molecular formula is C15H20O5. The van der Waals surface area contributed by atoms with Crippen LogP contribution in [0.4, 0.5) is 0 Å². The number of Topliss-reactive ketones (excluding diaryl/α,β-unsaturated/α-hetero) is 1. The van der Waals surface area contributed by atoms with Crippen molar-refractivity contribution in [3.8, 4) is 0 Å². The molecule has 2 aliphatic heterocycles. The van der Waals surface area contributed by atoms with Crippen molar-refractivity contribution in [1.29, 1.82) is 0 Å². The fraction of sp³-hybridized carbons (Fsp3) is 0.867. The van der Waals surface area contributed by atoms with Crippen LogP contribution in [-0.4, -0.2) is 40.3 Å². The Balaban J connectivity index is 1.86. The molecule has 4 rings (SSSR count). The van der Waals surface area contributed by atoms with Gasteiger partial charge in [0.05, 0.1) is 17.4 Å². The third-order valence-electron chi connectivity index (χ3n) is 6.40. The summed E-state index contributed by atoms with van der Waals surface area (Å²) in [4.78, 5) is 24.4. The van der Waals surface area contributed by atoms with Gasteiger partial charge in [-0.1, -0.05) is 6.92 Å². The van der Waals surface area contributed by atoms with Gasteiger partial charge in [-0.2, -0.15) is 0 Å². The Morgan fingerprint density at radius 1 is 1.30 bits per heavy atom. The maximum Gasteiger partial charge on any atom is 0.309 e. The van der Waals surface area contributed by atoms with E-state index in [1.165, 1.54) is 0 Å². The maximum absolute atomic E-state index is 12.5. The minimum Gasteiger partial charge on any atom is -0.458 e. The Morgan fingerprint density at radius 3 is 2.70 bits per heavy atom. The third kappa shape index (κ3) is 1.07. The van der Waals surface area contributed by atoms with Gasteiger partial charge in [0.2, 0.25) is 0 Å². The summed E-state index contributed by atoms with van der Waals surface area (Å²) in [5.74, 6) is -0.753. The van der Waals surface area contributed by atoms with Crippen LogP contribution in [0.3, 0.4) is 0 Å². The molecule has 5 heteroatoms. The molecule has 0 aromatic rings. The number of aliphatic hydroxyl groups excluding tert-OH is 1. The van der Waals surface area contributed by atoms with Crippen LogP contribution in [0, 0.1) is 17.3 Å². The van der Waals surface area contributed by atoms with Crippen molar-refractivity contribution in [3.63, 3.8) is 0 Å². The van der Waals surface area contributed by atoms with Crippen LogP contribution in [0.15, 0.2) is 0 Å². The van der Waals surface area contributed by atoms with E-state index in [1.807, 2.05) is 13.8 Å². The molecule has 7 atom stereocenters. The van der Waals surface area contributed by atoms with E-state index >= 15 is 0 Å². The van der Waals surface area contributed by atoms with Crippen LogP contribution >= 0.6 is 0 Å². The second-order valence-corrected chi connectivity index (χ2v) is 7.32. The van der Waals surface area contributed by atoms with Gasteiger partial charge in [-0.25, -0.2) is 0 Å². The monoisotopic (exact) mass is 280 g/mol. The van der Waals surface area contributed by atoms with Crippen molar-refractivity contribution in [3.05, 3.63) is 0 Å². The summed E-state index contributed by atoms with van der Waals surface area (Å²) < 4.78 is 11.6. The van der Waals surface area contributed by atoms with E-state index < -0.39 is 28.8 Å². The molecule has 0 amide bonds. The first kappa shape index (κ1) is 12.8. The molecular weight excluding hydrogens is 260 g/mol. The van der Waals surface area contributed by atoms with Gasteiger partial charge in [0.15, 0.2) is 0 Å². The maximum atomic E-state index is 12.5. The number of epoxide rings is 1. The van der Waals surface area contributed by atoms with Gasteiger partial charge in [0.25, 0.3) is 0 Å². The van der Waals surface area contributed by atoms with Crippen molar-refractivity contribution in [2.45, 2.75) is 63.4 Å². The van der Waals surface area contributed by atoms with Gasteiger partial charge in [-0.15, -0.1) is 0 Å². The summed E-state index contributed by atoms with van der Waals surface area (Å²) in [5.41, 5.74) is -1.87. The molecule has 5 nitrogen and oxygen atoms in total. The Labute approximate surface area is 117 Å². The van der Waals surface area contributed by atoms with Gasteiger partial charge in [0, 0.05) is 12.3 Å². The molecule has 0 bridgehead atoms. The van der Waals surface area contributed by atoms with Crippen molar-refractivity contribution >= 4 is 11.8 Å². The molecule has 1 N–H and O–H groups in total. The molecule has 2 saturated carbocycles. The molecule has 0 aromatic heterocycles. The zero-order valence-corrected chi connectivity index (χ0v) is 12.0. The van der Waals surface area contributed by atoms with E-state index in [-0.39, 0.29) is 23.6 Å². The van der Waals surface area contributed by atoms with Crippen molar-refractivity contribution in [2.24, 2.45) is 17.3 Å². The van der Waals surface area contributed by atoms with Gasteiger partial charge < -0.3 is 14.6 Å². The summed E-state index contributed by atoms with van der Waals surface area (Å²) in [6, 6.07) is 0. The average Bonchev–Trinajstić information content (AvgIpc) is 2.90. The number of hydrogen-bond donors (Lipinski definition) is 1. The number of carbonyl (C=O) groups excluding carboxylic acids is 2. The molecule has 4 fully saturated rings. The van der Waals surface area contributed by atoms with E-state index in [0.29, 0.717) is 19.3 Å². The Bertz CT molecular complexity index is 530. The SMILES string of the molecule is C[C@@H]1C(=O)O[C@H]2[C@H]1[C@@H](O)C[C@@]1(C)C(=O)CC[C@@]3(C)O[C@]231. The molecule has 2 aliphatic carbocycles. The first-order chi connectivity index (χ1) is 9.27. The predicted molar refractivity (Wildman–Crippen MR) is 67.7 cm³/mol. The molecule has 0 unspecified atom stereocenters. The number of ketones is 1. The number of carbonyl (C=O) groups is 2. The van der Waals surface area contributed by atoms with Gasteiger partial charge >= 0.3 is 5.97 Å². The van der Waals surface area contributed by atoms with E-state index in [1.54, 1.807) is 6.92 Å². The second-order valence-electron chi connectivity index (χ2n) is 7.32. The highest BCUT2D eigenvalue weighted by molar-refractivity contribution is 5.89. The Kier molecular flexibility index (Phi) is 2.09. The number of hydrogen-bond acceptors (Lipinski definition) is 5. The summed E-state index contributed by atoms with van der Waals surface area (Å²) in [5, 5.41) is 10.5. The zero-order chi connectivity index (χ0) is 14.5. The average molecular weight is 280 g/mol. The first-order valence-electron chi connectivity index (χ1n) is 7.39. The van der Waals surface area contributed by atoms with Gasteiger partial charge in [-0.05, 0) is 26.7 Å². The molecule has 2 saturated heterocycles. The second kappa shape index (κ2) is 3.28. The third-order valence-corrected chi connectivity index (χ3v) is 6.40. The quantitative estimate of drug-likeness (QED) is 0.525. The fourth-order valence-corrected chi connectivity index (χ4v) is 5.21. The van der Waals surface area contributed by atoms with E-state index in [2.05, 4.69) is 0 Å². The molecule has 20 heavy (non-hydrogen) atoms. The van der Waals surface area contributed by atoms with E-state index in [0.717, 1.165) is 0 Å². The number of fused-ring (bicyclic) bond motifs is 1. The van der Waals surface area contributed by atoms with Crippen LogP contribution in [0.1, 0.15) is 40.0 Å². The number of ether oxygens (including phenoxy) is 2. The highest BCUT2D eigenvalue weighted by Gasteiger charge is 2.86. The lowest BCUT2D eigenvalue weighted by atomic mass is 9.52. The van der Waals surface area contributed by atoms with Crippen molar-refractivity contribution in [1.82, 2.24) is 0 Å². The zero-order valence-electron chi connectivity index (χ0n) is 12.0. The normalized spacial score (nSPS) is 60.4. The summed E-state index contributed by atoms with van der Waals surface area (Å²) in [6.45, 7) is 5.67. The molecule has 0 radical (unpaired) electrons. The standard InChI is InChI=1S/C15H20O5/c1-7-10-8(16)6-13(2)9(17)4-5-14(3)15(13,20-14)11(10)19-12(7)18/h7-8,10-11,16H,4-6H2,1-3H3/t7-,8-,10+,11-,13-,14+,15-/m0/s1. The van der Waals surface area contributed by atoms with Crippen LogP contribution in [-0.2, 0) is 19.1 Å². The fourth-order valence-electron chi connectivity index (χ4n) is 5.21. The highest BCUT2D eigenvalue weighted by atomic mass is 16.7.